The largest absolute Gasteiger partial charge is 0.493 e. The molecule has 2 N–H and O–H groups in total. The van der Waals surface area contributed by atoms with Gasteiger partial charge in [0.1, 0.15) is 5.75 Å². The Kier molecular flexibility index (Phi) is 8.16. The Balaban J connectivity index is 0.00000289. The average Bonchev–Trinajstić information content (AvgIpc) is 2.38. The zero-order valence-corrected chi connectivity index (χ0v) is 11.7. The Bertz CT molecular complexity index is 346. The maximum Gasteiger partial charge on any atom is 0.226 e. The fraction of sp³-hybridized carbons (Fsp3) is 0.462. The molecule has 0 spiro atoms. The third kappa shape index (κ3) is 5.38. The van der Waals surface area contributed by atoms with Crippen LogP contribution in [0.15, 0.2) is 30.3 Å². The summed E-state index contributed by atoms with van der Waals surface area (Å²) in [6.45, 7) is 2.79. The average molecular weight is 273 g/mol. The molecule has 0 saturated carbocycles. The standard InChI is InChI=1S/C13H20N2O2.ClH/c1-11(10-14)15(2)13(16)8-9-17-12-6-4-3-5-7-12;/h3-7,11H,8-10,14H2,1-2H3;1H. The highest BCUT2D eigenvalue weighted by Crippen LogP contribution is 2.08. The second kappa shape index (κ2) is 8.78. The third-order valence-electron chi connectivity index (χ3n) is 2.72. The Morgan fingerprint density at radius 1 is 1.39 bits per heavy atom. The number of halogens is 1. The van der Waals surface area contributed by atoms with Crippen LogP contribution in [0.25, 0.3) is 0 Å². The van der Waals surface area contributed by atoms with E-state index >= 15 is 0 Å². The van der Waals surface area contributed by atoms with Gasteiger partial charge in [-0.3, -0.25) is 4.79 Å². The first-order valence-corrected chi connectivity index (χ1v) is 5.78. The molecule has 0 saturated heterocycles. The monoisotopic (exact) mass is 272 g/mol. The Morgan fingerprint density at radius 2 is 2.00 bits per heavy atom. The minimum absolute atomic E-state index is 0. The highest BCUT2D eigenvalue weighted by molar-refractivity contribution is 5.85. The molecule has 18 heavy (non-hydrogen) atoms. The summed E-state index contributed by atoms with van der Waals surface area (Å²) in [6, 6.07) is 9.54. The van der Waals surface area contributed by atoms with Crippen LogP contribution < -0.4 is 10.5 Å². The number of carbonyl (C=O) groups is 1. The van der Waals surface area contributed by atoms with Gasteiger partial charge in [0.2, 0.25) is 5.91 Å². The lowest BCUT2D eigenvalue weighted by molar-refractivity contribution is -0.132. The fourth-order valence-corrected chi connectivity index (χ4v) is 1.35. The Morgan fingerprint density at radius 3 is 2.56 bits per heavy atom. The van der Waals surface area contributed by atoms with Crippen molar-refractivity contribution in [3.8, 4) is 5.75 Å². The van der Waals surface area contributed by atoms with Crippen LogP contribution in [0.5, 0.6) is 5.75 Å². The highest BCUT2D eigenvalue weighted by atomic mass is 35.5. The van der Waals surface area contributed by atoms with E-state index in [-0.39, 0.29) is 24.4 Å². The van der Waals surface area contributed by atoms with Crippen LogP contribution in [0.4, 0.5) is 0 Å². The minimum Gasteiger partial charge on any atom is -0.493 e. The van der Waals surface area contributed by atoms with Gasteiger partial charge in [0.05, 0.1) is 13.0 Å². The van der Waals surface area contributed by atoms with Gasteiger partial charge in [-0.1, -0.05) is 18.2 Å². The Labute approximate surface area is 115 Å². The molecule has 1 atom stereocenters. The van der Waals surface area contributed by atoms with E-state index in [1.165, 1.54) is 0 Å². The molecule has 5 heteroatoms. The fourth-order valence-electron chi connectivity index (χ4n) is 1.35. The lowest BCUT2D eigenvalue weighted by Gasteiger charge is -2.23. The van der Waals surface area contributed by atoms with Crippen LogP contribution in [0.1, 0.15) is 13.3 Å². The summed E-state index contributed by atoms with van der Waals surface area (Å²) in [4.78, 5) is 13.4. The molecule has 102 valence electrons. The normalized spacial score (nSPS) is 11.3. The maximum atomic E-state index is 11.7. The zero-order chi connectivity index (χ0) is 12.7. The van der Waals surface area contributed by atoms with Gasteiger partial charge in [0.25, 0.3) is 0 Å². The van der Waals surface area contributed by atoms with Crippen molar-refractivity contribution in [1.29, 1.82) is 0 Å². The van der Waals surface area contributed by atoms with Crippen molar-refractivity contribution in [1.82, 2.24) is 4.90 Å². The van der Waals surface area contributed by atoms with Crippen LogP contribution in [-0.4, -0.2) is 37.0 Å². The summed E-state index contributed by atoms with van der Waals surface area (Å²) in [5, 5.41) is 0. The van der Waals surface area contributed by atoms with E-state index < -0.39 is 0 Å². The molecule has 0 aromatic heterocycles. The lowest BCUT2D eigenvalue weighted by atomic mass is 10.2. The van der Waals surface area contributed by atoms with E-state index in [1.54, 1.807) is 11.9 Å². The van der Waals surface area contributed by atoms with Crippen LogP contribution in [0.2, 0.25) is 0 Å². The highest BCUT2D eigenvalue weighted by Gasteiger charge is 2.13. The molecule has 1 unspecified atom stereocenters. The molecule has 0 aliphatic carbocycles. The van der Waals surface area contributed by atoms with E-state index in [9.17, 15) is 4.79 Å². The minimum atomic E-state index is 0. The summed E-state index contributed by atoms with van der Waals surface area (Å²) >= 11 is 0. The smallest absolute Gasteiger partial charge is 0.226 e. The number of likely N-dealkylation sites (N-methyl/N-ethyl adjacent to an activating group) is 1. The van der Waals surface area contributed by atoms with E-state index in [0.29, 0.717) is 19.6 Å². The summed E-state index contributed by atoms with van der Waals surface area (Å²) in [7, 11) is 1.77. The van der Waals surface area contributed by atoms with Crippen LogP contribution in [0.3, 0.4) is 0 Å². The second-order valence-corrected chi connectivity index (χ2v) is 4.00. The number of ether oxygens (including phenoxy) is 1. The van der Waals surface area contributed by atoms with Crippen molar-refractivity contribution in [3.05, 3.63) is 30.3 Å². The summed E-state index contributed by atoms with van der Waals surface area (Å²) in [5.74, 6) is 0.841. The number of hydrogen-bond acceptors (Lipinski definition) is 3. The van der Waals surface area contributed by atoms with Gasteiger partial charge in [-0.15, -0.1) is 12.4 Å². The molecular formula is C13H21ClN2O2. The molecule has 0 aliphatic heterocycles. The Hall–Kier alpha value is -1.26. The number of nitrogens with zero attached hydrogens (tertiary/aromatic N) is 1. The molecule has 0 aliphatic rings. The maximum absolute atomic E-state index is 11.7. The molecule has 0 fully saturated rings. The summed E-state index contributed by atoms with van der Waals surface area (Å²) < 4.78 is 5.46. The van der Waals surface area contributed by atoms with Crippen molar-refractivity contribution in [2.75, 3.05) is 20.2 Å². The number of nitrogens with two attached hydrogens (primary N) is 1. The van der Waals surface area contributed by atoms with Crippen molar-refractivity contribution < 1.29 is 9.53 Å². The molecule has 1 rings (SSSR count). The van der Waals surface area contributed by atoms with E-state index in [4.69, 9.17) is 10.5 Å². The third-order valence-corrected chi connectivity index (χ3v) is 2.72. The van der Waals surface area contributed by atoms with Crippen molar-refractivity contribution in [2.45, 2.75) is 19.4 Å². The SMILES string of the molecule is CC(CN)N(C)C(=O)CCOc1ccccc1.Cl. The zero-order valence-electron chi connectivity index (χ0n) is 10.8. The van der Waals surface area contributed by atoms with Crippen LogP contribution in [0, 0.1) is 0 Å². The first kappa shape index (κ1) is 16.7. The number of benzene rings is 1. The molecule has 0 radical (unpaired) electrons. The van der Waals surface area contributed by atoms with Gasteiger partial charge in [-0.05, 0) is 19.1 Å². The molecule has 4 nitrogen and oxygen atoms in total. The molecule has 1 aromatic rings. The predicted molar refractivity (Wildman–Crippen MR) is 75.1 cm³/mol. The van der Waals surface area contributed by atoms with Crippen molar-refractivity contribution in [3.63, 3.8) is 0 Å². The van der Waals surface area contributed by atoms with Crippen LogP contribution in [-0.2, 0) is 4.79 Å². The number of para-hydroxylation sites is 1. The van der Waals surface area contributed by atoms with Gasteiger partial charge in [-0.25, -0.2) is 0 Å². The number of hydrogen-bond donors (Lipinski definition) is 1. The number of amides is 1. The number of rotatable bonds is 6. The molecule has 1 aromatic carbocycles. The van der Waals surface area contributed by atoms with Crippen LogP contribution >= 0.6 is 12.4 Å². The van der Waals surface area contributed by atoms with E-state index in [2.05, 4.69) is 0 Å². The quantitative estimate of drug-likeness (QED) is 0.857. The predicted octanol–water partition coefficient (Wildman–Crippen LogP) is 1.68. The molecular weight excluding hydrogens is 252 g/mol. The second-order valence-electron chi connectivity index (χ2n) is 4.00. The van der Waals surface area contributed by atoms with Gasteiger partial charge < -0.3 is 15.4 Å². The number of carbonyl (C=O) groups excluding carboxylic acids is 1. The van der Waals surface area contributed by atoms with E-state index in [0.717, 1.165) is 5.75 Å². The first-order valence-electron chi connectivity index (χ1n) is 5.78. The topological polar surface area (TPSA) is 55.6 Å². The lowest BCUT2D eigenvalue weighted by Crippen LogP contribution is -2.40. The molecule has 0 bridgehead atoms. The summed E-state index contributed by atoms with van der Waals surface area (Å²) in [6.07, 6.45) is 0.371. The summed E-state index contributed by atoms with van der Waals surface area (Å²) in [5.41, 5.74) is 5.51. The molecule has 0 heterocycles. The molecule has 1 amide bonds. The van der Waals surface area contributed by atoms with Gasteiger partial charge in [0.15, 0.2) is 0 Å². The van der Waals surface area contributed by atoms with Gasteiger partial charge in [-0.2, -0.15) is 0 Å². The van der Waals surface area contributed by atoms with E-state index in [1.807, 2.05) is 37.3 Å². The van der Waals surface area contributed by atoms with Gasteiger partial charge >= 0.3 is 0 Å². The van der Waals surface area contributed by atoms with Crippen molar-refractivity contribution >= 4 is 18.3 Å². The van der Waals surface area contributed by atoms with Crippen molar-refractivity contribution in [2.24, 2.45) is 5.73 Å². The van der Waals surface area contributed by atoms with Gasteiger partial charge in [0, 0.05) is 19.6 Å². The first-order chi connectivity index (χ1) is 8.15.